The molecular formula is C13H26N2O. The van der Waals surface area contributed by atoms with Crippen LogP contribution < -0.4 is 10.6 Å². The lowest BCUT2D eigenvalue weighted by atomic mass is 9.96. The van der Waals surface area contributed by atoms with Gasteiger partial charge in [0.2, 0.25) is 5.91 Å². The summed E-state index contributed by atoms with van der Waals surface area (Å²) in [5.41, 5.74) is 0. The van der Waals surface area contributed by atoms with E-state index in [9.17, 15) is 4.79 Å². The monoisotopic (exact) mass is 226 g/mol. The fourth-order valence-corrected chi connectivity index (χ4v) is 2.33. The van der Waals surface area contributed by atoms with E-state index in [1.165, 1.54) is 44.9 Å². The van der Waals surface area contributed by atoms with Gasteiger partial charge in [-0.05, 0) is 32.9 Å². The van der Waals surface area contributed by atoms with Crippen LogP contribution in [0.25, 0.3) is 0 Å². The number of rotatable bonds is 5. The molecule has 0 saturated heterocycles. The van der Waals surface area contributed by atoms with E-state index in [1.807, 2.05) is 7.05 Å². The van der Waals surface area contributed by atoms with Crippen molar-refractivity contribution in [2.45, 2.75) is 63.8 Å². The summed E-state index contributed by atoms with van der Waals surface area (Å²) < 4.78 is 0. The van der Waals surface area contributed by atoms with Crippen molar-refractivity contribution in [1.29, 1.82) is 0 Å². The van der Waals surface area contributed by atoms with Gasteiger partial charge in [-0.25, -0.2) is 0 Å². The zero-order chi connectivity index (χ0) is 11.6. The lowest BCUT2D eigenvalue weighted by molar-refractivity contribution is -0.122. The van der Waals surface area contributed by atoms with Gasteiger partial charge in [0.1, 0.15) is 0 Å². The standard InChI is InChI=1S/C13H26N2O/c1-14-11-7-10-13(16)15-12-8-5-3-2-4-6-9-12/h12,14H,2-11H2,1H3,(H,15,16). The second-order valence-electron chi connectivity index (χ2n) is 4.82. The van der Waals surface area contributed by atoms with Gasteiger partial charge in [0.05, 0.1) is 0 Å². The van der Waals surface area contributed by atoms with Crippen molar-refractivity contribution >= 4 is 5.91 Å². The molecule has 0 bridgehead atoms. The molecule has 1 fully saturated rings. The third-order valence-corrected chi connectivity index (χ3v) is 3.30. The minimum absolute atomic E-state index is 0.237. The normalized spacial score (nSPS) is 18.8. The van der Waals surface area contributed by atoms with Crippen molar-refractivity contribution < 1.29 is 4.79 Å². The molecule has 16 heavy (non-hydrogen) atoms. The van der Waals surface area contributed by atoms with Gasteiger partial charge >= 0.3 is 0 Å². The molecule has 0 aromatic heterocycles. The molecule has 0 heterocycles. The second-order valence-corrected chi connectivity index (χ2v) is 4.82. The largest absolute Gasteiger partial charge is 0.353 e. The summed E-state index contributed by atoms with van der Waals surface area (Å²) in [6.45, 7) is 0.929. The molecule has 0 spiro atoms. The molecule has 1 saturated carbocycles. The predicted molar refractivity (Wildman–Crippen MR) is 67.4 cm³/mol. The summed E-state index contributed by atoms with van der Waals surface area (Å²) >= 11 is 0. The first-order valence-electron chi connectivity index (χ1n) is 6.77. The van der Waals surface area contributed by atoms with Gasteiger partial charge in [-0.3, -0.25) is 4.79 Å². The number of carbonyl (C=O) groups is 1. The first-order chi connectivity index (χ1) is 7.83. The highest BCUT2D eigenvalue weighted by Crippen LogP contribution is 2.17. The van der Waals surface area contributed by atoms with Gasteiger partial charge in [-0.2, -0.15) is 0 Å². The van der Waals surface area contributed by atoms with Gasteiger partial charge in [0.25, 0.3) is 0 Å². The van der Waals surface area contributed by atoms with Gasteiger partial charge in [-0.1, -0.05) is 32.1 Å². The molecule has 0 unspecified atom stereocenters. The van der Waals surface area contributed by atoms with Crippen molar-refractivity contribution in [2.24, 2.45) is 0 Å². The van der Waals surface area contributed by atoms with Crippen molar-refractivity contribution in [3.63, 3.8) is 0 Å². The molecule has 0 aromatic rings. The summed E-state index contributed by atoms with van der Waals surface area (Å²) in [7, 11) is 1.92. The number of amides is 1. The quantitative estimate of drug-likeness (QED) is 0.706. The third-order valence-electron chi connectivity index (χ3n) is 3.30. The minimum Gasteiger partial charge on any atom is -0.353 e. The van der Waals surface area contributed by atoms with Crippen LogP contribution in [0.4, 0.5) is 0 Å². The van der Waals surface area contributed by atoms with Gasteiger partial charge in [0.15, 0.2) is 0 Å². The van der Waals surface area contributed by atoms with Crippen LogP contribution in [0.3, 0.4) is 0 Å². The first-order valence-corrected chi connectivity index (χ1v) is 6.77. The summed E-state index contributed by atoms with van der Waals surface area (Å²) in [6, 6.07) is 0.447. The first kappa shape index (κ1) is 13.5. The number of carbonyl (C=O) groups excluding carboxylic acids is 1. The Morgan fingerprint density at radius 2 is 1.75 bits per heavy atom. The minimum atomic E-state index is 0.237. The van der Waals surface area contributed by atoms with Crippen LogP contribution in [0.2, 0.25) is 0 Å². The molecule has 1 aliphatic rings. The number of hydrogen-bond acceptors (Lipinski definition) is 2. The summed E-state index contributed by atoms with van der Waals surface area (Å²) in [5, 5.41) is 6.24. The van der Waals surface area contributed by atoms with E-state index in [2.05, 4.69) is 10.6 Å². The molecule has 0 aliphatic heterocycles. The molecular weight excluding hydrogens is 200 g/mol. The molecule has 0 radical (unpaired) electrons. The number of nitrogens with one attached hydrogen (secondary N) is 2. The Kier molecular flexibility index (Phi) is 7.23. The van der Waals surface area contributed by atoms with E-state index in [0.29, 0.717) is 12.5 Å². The smallest absolute Gasteiger partial charge is 0.220 e. The lowest BCUT2D eigenvalue weighted by Gasteiger charge is -2.21. The topological polar surface area (TPSA) is 41.1 Å². The van der Waals surface area contributed by atoms with E-state index in [1.54, 1.807) is 0 Å². The number of hydrogen-bond donors (Lipinski definition) is 2. The van der Waals surface area contributed by atoms with Crippen molar-refractivity contribution in [3.05, 3.63) is 0 Å². The lowest BCUT2D eigenvalue weighted by Crippen LogP contribution is -2.35. The highest BCUT2D eigenvalue weighted by atomic mass is 16.1. The van der Waals surface area contributed by atoms with E-state index >= 15 is 0 Å². The van der Waals surface area contributed by atoms with Crippen LogP contribution in [0.1, 0.15) is 57.8 Å². The van der Waals surface area contributed by atoms with Gasteiger partial charge in [-0.15, -0.1) is 0 Å². The van der Waals surface area contributed by atoms with Gasteiger partial charge < -0.3 is 10.6 Å². The Morgan fingerprint density at radius 1 is 1.12 bits per heavy atom. The molecule has 0 atom stereocenters. The third kappa shape index (κ3) is 6.11. The zero-order valence-corrected chi connectivity index (χ0v) is 10.6. The van der Waals surface area contributed by atoms with E-state index in [4.69, 9.17) is 0 Å². The van der Waals surface area contributed by atoms with E-state index in [-0.39, 0.29) is 5.91 Å². The predicted octanol–water partition coefficient (Wildman–Crippen LogP) is 2.22. The van der Waals surface area contributed by atoms with Gasteiger partial charge in [0, 0.05) is 12.5 Å². The fourth-order valence-electron chi connectivity index (χ4n) is 2.33. The molecule has 94 valence electrons. The second kappa shape index (κ2) is 8.57. The maximum absolute atomic E-state index is 11.6. The van der Waals surface area contributed by atoms with Crippen LogP contribution >= 0.6 is 0 Å². The van der Waals surface area contributed by atoms with Crippen molar-refractivity contribution in [2.75, 3.05) is 13.6 Å². The zero-order valence-electron chi connectivity index (χ0n) is 10.6. The maximum atomic E-state index is 11.6. The van der Waals surface area contributed by atoms with Crippen LogP contribution in [0, 0.1) is 0 Å². The summed E-state index contributed by atoms with van der Waals surface area (Å²) in [6.07, 6.45) is 10.6. The van der Waals surface area contributed by atoms with Crippen LogP contribution in [-0.2, 0) is 4.79 Å². The molecule has 1 rings (SSSR count). The SMILES string of the molecule is CNCCCC(=O)NC1CCCCCCC1. The Labute approximate surface area is 99.4 Å². The Bertz CT molecular complexity index is 186. The molecule has 3 nitrogen and oxygen atoms in total. The average molecular weight is 226 g/mol. The van der Waals surface area contributed by atoms with E-state index < -0.39 is 0 Å². The van der Waals surface area contributed by atoms with Crippen LogP contribution in [0.15, 0.2) is 0 Å². The summed E-state index contributed by atoms with van der Waals surface area (Å²) in [4.78, 5) is 11.6. The van der Waals surface area contributed by atoms with Crippen molar-refractivity contribution in [1.82, 2.24) is 10.6 Å². The van der Waals surface area contributed by atoms with Crippen LogP contribution in [-0.4, -0.2) is 25.5 Å². The van der Waals surface area contributed by atoms with E-state index in [0.717, 1.165) is 13.0 Å². The highest BCUT2D eigenvalue weighted by Gasteiger charge is 2.13. The van der Waals surface area contributed by atoms with Crippen LogP contribution in [0.5, 0.6) is 0 Å². The Balaban J connectivity index is 2.14. The highest BCUT2D eigenvalue weighted by molar-refractivity contribution is 5.76. The molecule has 1 aliphatic carbocycles. The Morgan fingerprint density at radius 3 is 2.38 bits per heavy atom. The molecule has 0 aromatic carbocycles. The van der Waals surface area contributed by atoms with Crippen molar-refractivity contribution in [3.8, 4) is 0 Å². The Hall–Kier alpha value is -0.570. The molecule has 3 heteroatoms. The molecule has 2 N–H and O–H groups in total. The fraction of sp³-hybridized carbons (Fsp3) is 0.923. The summed E-state index contributed by atoms with van der Waals surface area (Å²) in [5.74, 6) is 0.237. The average Bonchev–Trinajstić information content (AvgIpc) is 2.22. The molecule has 1 amide bonds. The maximum Gasteiger partial charge on any atom is 0.220 e.